The average molecular weight is 570 g/mol. The molecule has 14 nitrogen and oxygen atoms in total. The number of alkyl halides is 2. The summed E-state index contributed by atoms with van der Waals surface area (Å²) < 4.78 is 37.8. The van der Waals surface area contributed by atoms with E-state index in [0.717, 1.165) is 18.2 Å². The second kappa shape index (κ2) is 15.6. The third-order valence-electron chi connectivity index (χ3n) is 5.77. The predicted molar refractivity (Wildman–Crippen MR) is 133 cm³/mol. The number of carboxylic acids is 1. The van der Waals surface area contributed by atoms with Gasteiger partial charge in [0.1, 0.15) is 30.1 Å². The molecule has 1 saturated heterocycles. The Labute approximate surface area is 226 Å². The number of aliphatic hydroxyl groups excluding tert-OH is 3. The van der Waals surface area contributed by atoms with Crippen LogP contribution >= 0.6 is 0 Å². The van der Waals surface area contributed by atoms with Gasteiger partial charge >= 0.3 is 5.97 Å². The Bertz CT molecular complexity index is 1140. The molecule has 2 rings (SSSR count). The van der Waals surface area contributed by atoms with Gasteiger partial charge in [-0.15, -0.1) is 12.3 Å². The van der Waals surface area contributed by atoms with Gasteiger partial charge in [-0.05, 0) is 36.6 Å². The third kappa shape index (κ3) is 9.04. The van der Waals surface area contributed by atoms with Crippen LogP contribution < -0.4 is 15.4 Å². The Morgan fingerprint density at radius 3 is 2.52 bits per heavy atom. The number of carbonyl (C=O) groups is 3. The lowest BCUT2D eigenvalue weighted by Crippen LogP contribution is -2.61. The predicted octanol–water partition coefficient (Wildman–Crippen LogP) is 1.21. The number of terminal acetylenes is 1. The quantitative estimate of drug-likeness (QED) is 0.0622. The van der Waals surface area contributed by atoms with Crippen LogP contribution in [0.1, 0.15) is 44.1 Å². The van der Waals surface area contributed by atoms with Gasteiger partial charge in [0.15, 0.2) is 6.10 Å². The van der Waals surface area contributed by atoms with Crippen LogP contribution in [0.5, 0.6) is 5.75 Å². The number of azide groups is 1. The molecule has 1 aromatic rings. The molecule has 6 atom stereocenters. The number of nitrogens with zero attached hydrogens (tertiary/aromatic N) is 3. The summed E-state index contributed by atoms with van der Waals surface area (Å²) in [5.41, 5.74) is 7.34. The van der Waals surface area contributed by atoms with Crippen molar-refractivity contribution in [2.75, 3.05) is 11.9 Å². The summed E-state index contributed by atoms with van der Waals surface area (Å²) in [5, 5.41) is 47.1. The van der Waals surface area contributed by atoms with Crippen molar-refractivity contribution >= 4 is 23.5 Å². The Morgan fingerprint density at radius 1 is 1.18 bits per heavy atom. The minimum atomic E-state index is -3.17. The summed E-state index contributed by atoms with van der Waals surface area (Å²) in [5.74, 6) is -1.23. The van der Waals surface area contributed by atoms with Crippen molar-refractivity contribution in [1.82, 2.24) is 5.32 Å². The molecule has 40 heavy (non-hydrogen) atoms. The molecule has 0 saturated carbocycles. The summed E-state index contributed by atoms with van der Waals surface area (Å²) in [4.78, 5) is 38.8. The smallest absolute Gasteiger partial charge is 0.335 e. The number of carbonyl (C=O) groups excluding carboxylic acids is 2. The lowest BCUT2D eigenvalue weighted by Gasteiger charge is -2.38. The first-order valence-electron chi connectivity index (χ1n) is 12.1. The van der Waals surface area contributed by atoms with E-state index in [4.69, 9.17) is 26.5 Å². The van der Waals surface area contributed by atoms with Crippen LogP contribution in [0.4, 0.5) is 14.5 Å². The molecule has 6 unspecified atom stereocenters. The zero-order valence-corrected chi connectivity index (χ0v) is 21.0. The highest BCUT2D eigenvalue weighted by atomic mass is 19.3. The molecule has 0 aromatic heterocycles. The normalized spacial score (nSPS) is 22.9. The summed E-state index contributed by atoms with van der Waals surface area (Å²) in [6, 6.07) is 1.84. The number of benzene rings is 1. The van der Waals surface area contributed by atoms with E-state index >= 15 is 0 Å². The van der Waals surface area contributed by atoms with E-state index in [2.05, 4.69) is 26.6 Å². The highest BCUT2D eigenvalue weighted by Gasteiger charge is 2.48. The molecule has 1 aliphatic rings. The highest BCUT2D eigenvalue weighted by Crippen LogP contribution is 2.34. The molecule has 6 N–H and O–H groups in total. The fraction of sp³-hybridized carbons (Fsp3) is 0.542. The minimum absolute atomic E-state index is 0.0791. The number of hydrogen-bond donors (Lipinski definition) is 6. The van der Waals surface area contributed by atoms with Crippen LogP contribution in [0.2, 0.25) is 0 Å². The van der Waals surface area contributed by atoms with E-state index in [1.165, 1.54) is 0 Å². The number of hydrogen-bond acceptors (Lipinski definition) is 9. The second-order valence-electron chi connectivity index (χ2n) is 8.69. The largest absolute Gasteiger partial charge is 0.479 e. The molecule has 1 heterocycles. The molecule has 16 heteroatoms. The molecule has 2 amide bonds. The number of nitrogens with one attached hydrogen (secondary N) is 2. The van der Waals surface area contributed by atoms with Crippen molar-refractivity contribution in [3.63, 3.8) is 0 Å². The van der Waals surface area contributed by atoms with E-state index < -0.39 is 72.3 Å². The Kier molecular flexibility index (Phi) is 12.5. The first kappa shape index (κ1) is 32.2. The number of unbranched alkanes of at least 4 members (excludes halogenated alkanes) is 2. The van der Waals surface area contributed by atoms with Gasteiger partial charge in [0.2, 0.25) is 18.1 Å². The Hall–Kier alpha value is -4.00. The standard InChI is InChI=1S/C24H29F2N5O9/c1-2-6-14(30-16(32)7-4-3-5-10-28-31-27)22(36)29-12-8-9-15(13(11-12)21(25)26)39-24-19(35)17(33)18(34)20(40-24)23(37)38/h1,8-9,11,14,17-21,24,33-35H,3-7,10H2,(H,29,36)(H,30,32)(H,37,38). The number of carboxylic acid groups (broad SMARTS) is 1. The van der Waals surface area contributed by atoms with Gasteiger partial charge in [0.05, 0.1) is 5.56 Å². The summed E-state index contributed by atoms with van der Waals surface area (Å²) in [6.07, 6.45) is -6.21. The van der Waals surface area contributed by atoms with Crippen molar-refractivity contribution in [2.24, 2.45) is 5.11 Å². The third-order valence-corrected chi connectivity index (χ3v) is 5.77. The van der Waals surface area contributed by atoms with E-state index in [9.17, 15) is 38.5 Å². The lowest BCUT2D eigenvalue weighted by molar-refractivity contribution is -0.271. The van der Waals surface area contributed by atoms with Crippen LogP contribution in [-0.4, -0.2) is 81.5 Å². The highest BCUT2D eigenvalue weighted by molar-refractivity contribution is 5.97. The summed E-state index contributed by atoms with van der Waals surface area (Å²) >= 11 is 0. The number of anilines is 1. The number of amides is 2. The van der Waals surface area contributed by atoms with E-state index in [-0.39, 0.29) is 18.5 Å². The fourth-order valence-corrected chi connectivity index (χ4v) is 3.69. The van der Waals surface area contributed by atoms with Gasteiger partial charge in [-0.2, -0.15) is 0 Å². The van der Waals surface area contributed by atoms with Gasteiger partial charge < -0.3 is 40.5 Å². The lowest BCUT2D eigenvalue weighted by atomic mass is 9.99. The van der Waals surface area contributed by atoms with E-state index in [1.54, 1.807) is 0 Å². The average Bonchev–Trinajstić information content (AvgIpc) is 2.91. The van der Waals surface area contributed by atoms with Crippen molar-refractivity contribution in [1.29, 1.82) is 0 Å². The van der Waals surface area contributed by atoms with Crippen molar-refractivity contribution in [3.8, 4) is 18.1 Å². The molecular formula is C24H29F2N5O9. The van der Waals surface area contributed by atoms with Gasteiger partial charge in [-0.25, -0.2) is 13.6 Å². The molecule has 0 bridgehead atoms. The van der Waals surface area contributed by atoms with Crippen LogP contribution in [0.3, 0.4) is 0 Å². The summed E-state index contributed by atoms with van der Waals surface area (Å²) in [7, 11) is 0. The first-order valence-corrected chi connectivity index (χ1v) is 12.1. The number of halogens is 2. The monoisotopic (exact) mass is 569 g/mol. The van der Waals surface area contributed by atoms with Crippen molar-refractivity contribution < 1.29 is 53.1 Å². The molecular weight excluding hydrogens is 540 g/mol. The first-order chi connectivity index (χ1) is 19.0. The maximum Gasteiger partial charge on any atom is 0.335 e. The van der Waals surface area contributed by atoms with Crippen LogP contribution in [0.15, 0.2) is 23.3 Å². The maximum atomic E-state index is 13.8. The van der Waals surface area contributed by atoms with Crippen LogP contribution in [0, 0.1) is 12.3 Å². The zero-order valence-electron chi connectivity index (χ0n) is 21.0. The van der Waals surface area contributed by atoms with E-state index in [0.29, 0.717) is 25.8 Å². The van der Waals surface area contributed by atoms with Crippen molar-refractivity contribution in [3.05, 3.63) is 34.2 Å². The fourth-order valence-electron chi connectivity index (χ4n) is 3.69. The van der Waals surface area contributed by atoms with Gasteiger partial charge in [0.25, 0.3) is 6.43 Å². The molecule has 0 aliphatic carbocycles. The number of aliphatic carboxylic acids is 1. The number of aliphatic hydroxyl groups is 3. The van der Waals surface area contributed by atoms with Crippen molar-refractivity contribution in [2.45, 2.75) is 75.3 Å². The molecule has 1 fully saturated rings. The zero-order chi connectivity index (χ0) is 29.8. The summed E-state index contributed by atoms with van der Waals surface area (Å²) in [6.45, 7) is 0.298. The maximum absolute atomic E-state index is 13.8. The Morgan fingerprint density at radius 2 is 1.90 bits per heavy atom. The van der Waals surface area contributed by atoms with E-state index in [1.807, 2.05) is 0 Å². The second-order valence-corrected chi connectivity index (χ2v) is 8.69. The topological polar surface area (TPSA) is 223 Å². The SMILES string of the molecule is C#CCC(NC(=O)CCCCCN=[N+]=[N-])C(=O)Nc1ccc(OC2OC(C(=O)O)C(O)C(O)C2O)c(C(F)F)c1. The van der Waals surface area contributed by atoms with Crippen LogP contribution in [0.25, 0.3) is 10.4 Å². The molecule has 218 valence electrons. The molecule has 1 aromatic carbocycles. The van der Waals surface area contributed by atoms with Crippen LogP contribution in [-0.2, 0) is 19.1 Å². The van der Waals surface area contributed by atoms with Gasteiger partial charge in [-0.1, -0.05) is 11.5 Å². The van der Waals surface area contributed by atoms with Gasteiger partial charge in [-0.3, -0.25) is 9.59 Å². The minimum Gasteiger partial charge on any atom is -0.479 e. The molecule has 0 spiro atoms. The molecule has 0 radical (unpaired) electrons. The molecule has 1 aliphatic heterocycles. The Balaban J connectivity index is 2.09. The number of ether oxygens (including phenoxy) is 2. The van der Waals surface area contributed by atoms with Gasteiger partial charge in [0, 0.05) is 30.0 Å². The number of rotatable bonds is 14.